The van der Waals surface area contributed by atoms with Crippen molar-refractivity contribution < 1.29 is 19.1 Å². The molecule has 1 aliphatic heterocycles. The molecule has 6 heteroatoms. The van der Waals surface area contributed by atoms with Gasteiger partial charge in [-0.15, -0.1) is 0 Å². The number of allylic oxidation sites excluding steroid dienone is 2. The van der Waals surface area contributed by atoms with E-state index in [1.807, 2.05) is 24.3 Å². The molecule has 0 radical (unpaired) electrons. The molecule has 1 N–H and O–H groups in total. The highest BCUT2D eigenvalue weighted by Crippen LogP contribution is 2.22. The first kappa shape index (κ1) is 15.3. The van der Waals surface area contributed by atoms with Gasteiger partial charge in [0.15, 0.2) is 0 Å². The summed E-state index contributed by atoms with van der Waals surface area (Å²) in [5.74, 6) is -1.10. The molecule has 1 heterocycles. The van der Waals surface area contributed by atoms with Gasteiger partial charge >= 0.3 is 5.97 Å². The van der Waals surface area contributed by atoms with E-state index in [1.165, 1.54) is 0 Å². The van der Waals surface area contributed by atoms with Crippen LogP contribution in [0.1, 0.15) is 19.8 Å². The molecule has 2 aliphatic rings. The van der Waals surface area contributed by atoms with Crippen molar-refractivity contribution in [2.75, 3.05) is 19.7 Å². The van der Waals surface area contributed by atoms with Crippen LogP contribution in [0.15, 0.2) is 24.3 Å². The summed E-state index contributed by atoms with van der Waals surface area (Å²) in [6.45, 7) is 2.41. The van der Waals surface area contributed by atoms with Crippen LogP contribution in [-0.4, -0.2) is 48.4 Å². The Kier molecular flexibility index (Phi) is 5.14. The largest absolute Gasteiger partial charge is 0.465 e. The molecule has 1 aliphatic carbocycles. The molecule has 0 saturated carbocycles. The second-order valence-electron chi connectivity index (χ2n) is 5.01. The molecule has 0 spiro atoms. The molecular formula is C15H20N2O4. The van der Waals surface area contributed by atoms with Gasteiger partial charge in [-0.05, 0) is 19.8 Å². The van der Waals surface area contributed by atoms with Crippen LogP contribution in [0.5, 0.6) is 0 Å². The van der Waals surface area contributed by atoms with Crippen LogP contribution >= 0.6 is 0 Å². The zero-order valence-corrected chi connectivity index (χ0v) is 12.1. The lowest BCUT2D eigenvalue weighted by Crippen LogP contribution is -2.48. The van der Waals surface area contributed by atoms with Crippen LogP contribution in [0.2, 0.25) is 0 Å². The van der Waals surface area contributed by atoms with Crippen molar-refractivity contribution in [3.63, 3.8) is 0 Å². The highest BCUT2D eigenvalue weighted by atomic mass is 16.5. The predicted molar refractivity (Wildman–Crippen MR) is 76.1 cm³/mol. The highest BCUT2D eigenvalue weighted by molar-refractivity contribution is 5.92. The number of ether oxygens (including phenoxy) is 1. The summed E-state index contributed by atoms with van der Waals surface area (Å²) < 4.78 is 4.76. The van der Waals surface area contributed by atoms with Crippen LogP contribution in [0.25, 0.3) is 0 Å². The summed E-state index contributed by atoms with van der Waals surface area (Å²) >= 11 is 0. The van der Waals surface area contributed by atoms with E-state index in [-0.39, 0.29) is 30.9 Å². The van der Waals surface area contributed by atoms with Crippen LogP contribution < -0.4 is 5.32 Å². The number of esters is 1. The van der Waals surface area contributed by atoms with Gasteiger partial charge in [0.25, 0.3) is 0 Å². The molecule has 2 rings (SSSR count). The standard InChI is InChI=1S/C15H20N2O4/c1-2-21-13(18)10-16-14(19)12-8-5-9-17(12)15(20)11-6-3-4-7-11/h3-4,6-7,11-12H,2,5,8-10H2,1H3,(H,16,19)/t12-/m0/s1. The molecule has 1 fully saturated rings. The van der Waals surface area contributed by atoms with E-state index in [0.717, 1.165) is 6.42 Å². The Bertz CT molecular complexity index is 472. The second kappa shape index (κ2) is 7.06. The lowest BCUT2D eigenvalue weighted by atomic mass is 10.1. The van der Waals surface area contributed by atoms with Crippen molar-refractivity contribution in [3.8, 4) is 0 Å². The highest BCUT2D eigenvalue weighted by Gasteiger charge is 2.36. The van der Waals surface area contributed by atoms with Crippen LogP contribution in [0.3, 0.4) is 0 Å². The molecular weight excluding hydrogens is 272 g/mol. The SMILES string of the molecule is CCOC(=O)CNC(=O)[C@@H]1CCCN1C(=O)C1C=CC=C1. The van der Waals surface area contributed by atoms with E-state index in [9.17, 15) is 14.4 Å². The quantitative estimate of drug-likeness (QED) is 0.744. The fraction of sp³-hybridized carbons (Fsp3) is 0.533. The van der Waals surface area contributed by atoms with E-state index in [4.69, 9.17) is 4.74 Å². The molecule has 0 bridgehead atoms. The summed E-state index contributed by atoms with van der Waals surface area (Å²) in [7, 11) is 0. The monoisotopic (exact) mass is 292 g/mol. The Balaban J connectivity index is 1.90. The van der Waals surface area contributed by atoms with E-state index < -0.39 is 12.0 Å². The number of nitrogens with one attached hydrogen (secondary N) is 1. The van der Waals surface area contributed by atoms with Gasteiger partial charge < -0.3 is 15.0 Å². The van der Waals surface area contributed by atoms with E-state index in [1.54, 1.807) is 11.8 Å². The fourth-order valence-electron chi connectivity index (χ4n) is 2.58. The van der Waals surface area contributed by atoms with Crippen LogP contribution in [-0.2, 0) is 19.1 Å². The molecule has 1 saturated heterocycles. The van der Waals surface area contributed by atoms with Gasteiger partial charge in [-0.25, -0.2) is 0 Å². The number of nitrogens with zero attached hydrogens (tertiary/aromatic N) is 1. The predicted octanol–water partition coefficient (Wildman–Crippen LogP) is 0.399. The van der Waals surface area contributed by atoms with E-state index in [0.29, 0.717) is 13.0 Å². The van der Waals surface area contributed by atoms with Crippen molar-refractivity contribution >= 4 is 17.8 Å². The Morgan fingerprint density at radius 2 is 2.00 bits per heavy atom. The molecule has 2 amide bonds. The number of carbonyl (C=O) groups is 3. The van der Waals surface area contributed by atoms with Crippen LogP contribution in [0.4, 0.5) is 0 Å². The summed E-state index contributed by atoms with van der Waals surface area (Å²) in [4.78, 5) is 37.3. The maximum atomic E-state index is 12.4. The maximum absolute atomic E-state index is 12.4. The third-order valence-corrected chi connectivity index (χ3v) is 3.58. The van der Waals surface area contributed by atoms with E-state index in [2.05, 4.69) is 5.32 Å². The second-order valence-corrected chi connectivity index (χ2v) is 5.01. The number of carbonyl (C=O) groups excluding carboxylic acids is 3. The van der Waals surface area contributed by atoms with Crippen molar-refractivity contribution in [3.05, 3.63) is 24.3 Å². The number of hydrogen-bond acceptors (Lipinski definition) is 4. The lowest BCUT2D eigenvalue weighted by Gasteiger charge is -2.25. The molecule has 1 atom stereocenters. The Morgan fingerprint density at radius 3 is 2.67 bits per heavy atom. The van der Waals surface area contributed by atoms with Gasteiger partial charge in [0.1, 0.15) is 12.6 Å². The minimum absolute atomic E-state index is 0.0613. The Labute approximate surface area is 123 Å². The third-order valence-electron chi connectivity index (χ3n) is 3.58. The van der Waals surface area contributed by atoms with Gasteiger partial charge in [-0.2, -0.15) is 0 Å². The van der Waals surface area contributed by atoms with Crippen molar-refractivity contribution in [2.24, 2.45) is 5.92 Å². The van der Waals surface area contributed by atoms with Crippen molar-refractivity contribution in [2.45, 2.75) is 25.8 Å². The lowest BCUT2D eigenvalue weighted by molar-refractivity contribution is -0.144. The maximum Gasteiger partial charge on any atom is 0.325 e. The number of amides is 2. The number of likely N-dealkylation sites (tertiary alicyclic amines) is 1. The summed E-state index contributed by atoms with van der Waals surface area (Å²) in [6, 6.07) is -0.491. The number of rotatable bonds is 5. The molecule has 0 aromatic heterocycles. The van der Waals surface area contributed by atoms with Gasteiger partial charge in [0.2, 0.25) is 11.8 Å². The first-order valence-corrected chi connectivity index (χ1v) is 7.22. The van der Waals surface area contributed by atoms with Gasteiger partial charge in [-0.1, -0.05) is 24.3 Å². The van der Waals surface area contributed by atoms with Gasteiger partial charge in [0, 0.05) is 6.54 Å². The zero-order chi connectivity index (χ0) is 15.2. The zero-order valence-electron chi connectivity index (χ0n) is 12.1. The molecule has 6 nitrogen and oxygen atoms in total. The smallest absolute Gasteiger partial charge is 0.325 e. The number of hydrogen-bond donors (Lipinski definition) is 1. The molecule has 0 aromatic rings. The van der Waals surface area contributed by atoms with Crippen molar-refractivity contribution in [1.29, 1.82) is 0 Å². The summed E-state index contributed by atoms with van der Waals surface area (Å²) in [5, 5.41) is 2.54. The normalized spacial score (nSPS) is 20.8. The topological polar surface area (TPSA) is 75.7 Å². The van der Waals surface area contributed by atoms with Crippen molar-refractivity contribution in [1.82, 2.24) is 10.2 Å². The Morgan fingerprint density at radius 1 is 1.29 bits per heavy atom. The van der Waals surface area contributed by atoms with Gasteiger partial charge in [0.05, 0.1) is 12.5 Å². The van der Waals surface area contributed by atoms with E-state index >= 15 is 0 Å². The molecule has 21 heavy (non-hydrogen) atoms. The molecule has 0 aromatic carbocycles. The minimum atomic E-state index is -0.491. The van der Waals surface area contributed by atoms with Gasteiger partial charge in [-0.3, -0.25) is 14.4 Å². The Hall–Kier alpha value is -2.11. The first-order valence-electron chi connectivity index (χ1n) is 7.22. The van der Waals surface area contributed by atoms with Crippen LogP contribution in [0, 0.1) is 5.92 Å². The summed E-state index contributed by atoms with van der Waals surface area (Å²) in [6.07, 6.45) is 8.70. The average Bonchev–Trinajstić information content (AvgIpc) is 3.15. The molecule has 114 valence electrons. The summed E-state index contributed by atoms with van der Waals surface area (Å²) in [5.41, 5.74) is 0. The molecule has 0 unspecified atom stereocenters. The fourth-order valence-corrected chi connectivity index (χ4v) is 2.58. The third kappa shape index (κ3) is 3.71. The minimum Gasteiger partial charge on any atom is -0.465 e. The first-order chi connectivity index (χ1) is 10.1. The average molecular weight is 292 g/mol.